The van der Waals surface area contributed by atoms with Gasteiger partial charge in [-0.2, -0.15) is 0 Å². The Hall–Kier alpha value is -0.850. The van der Waals surface area contributed by atoms with Crippen LogP contribution in [0.3, 0.4) is 0 Å². The molecule has 1 rings (SSSR count). The van der Waals surface area contributed by atoms with Crippen molar-refractivity contribution in [1.29, 1.82) is 0 Å². The largest absolute Gasteiger partial charge is 0.261 e. The van der Waals surface area contributed by atoms with E-state index in [-0.39, 0.29) is 0 Å². The van der Waals surface area contributed by atoms with Crippen LogP contribution in [0.25, 0.3) is 0 Å². The molecule has 0 aliphatic heterocycles. The Bertz CT molecular complexity index is 179. The van der Waals surface area contributed by atoms with Gasteiger partial charge in [0, 0.05) is 18.3 Å². The fraction of sp³-hybridized carbons (Fsp3) is 0.333. The Morgan fingerprint density at radius 2 is 2.20 bits per heavy atom. The molecule has 1 heteroatoms. The average molecular weight is 134 g/mol. The Balaban J connectivity index is 2.59. The van der Waals surface area contributed by atoms with E-state index in [0.29, 0.717) is 5.92 Å². The molecule has 0 fully saturated rings. The molecule has 0 saturated heterocycles. The Morgan fingerprint density at radius 1 is 1.40 bits per heavy atom. The highest BCUT2D eigenvalue weighted by molar-refractivity contribution is 5.13. The molecule has 1 heterocycles. The zero-order valence-corrected chi connectivity index (χ0v) is 6.41. The first-order valence-electron chi connectivity index (χ1n) is 3.55. The third-order valence-electron chi connectivity index (χ3n) is 1.19. The number of rotatable bonds is 2. The van der Waals surface area contributed by atoms with Crippen LogP contribution in [0.4, 0.5) is 0 Å². The van der Waals surface area contributed by atoms with Gasteiger partial charge < -0.3 is 0 Å². The lowest BCUT2D eigenvalue weighted by Gasteiger charge is -2.00. The molecule has 1 aromatic heterocycles. The zero-order chi connectivity index (χ0) is 7.40. The van der Waals surface area contributed by atoms with Crippen molar-refractivity contribution in [2.24, 2.45) is 5.92 Å². The van der Waals surface area contributed by atoms with Crippen LogP contribution in [0.2, 0.25) is 0 Å². The molecule has 0 bridgehead atoms. The zero-order valence-electron chi connectivity index (χ0n) is 6.41. The number of pyridine rings is 1. The van der Waals surface area contributed by atoms with E-state index in [0.717, 1.165) is 5.69 Å². The average Bonchev–Trinajstić information content (AvgIpc) is 1.88. The number of aromatic nitrogens is 1. The SMILES string of the molecule is CC(C)[CH]c1ccccn1. The van der Waals surface area contributed by atoms with E-state index in [1.54, 1.807) is 0 Å². The highest BCUT2D eigenvalue weighted by atomic mass is 14.7. The number of nitrogens with zero attached hydrogens (tertiary/aromatic N) is 1. The van der Waals surface area contributed by atoms with Gasteiger partial charge >= 0.3 is 0 Å². The summed E-state index contributed by atoms with van der Waals surface area (Å²) in [5.74, 6) is 0.579. The van der Waals surface area contributed by atoms with Crippen molar-refractivity contribution in [2.45, 2.75) is 13.8 Å². The molecule has 53 valence electrons. The van der Waals surface area contributed by atoms with Crippen molar-refractivity contribution in [3.05, 3.63) is 36.5 Å². The van der Waals surface area contributed by atoms with Gasteiger partial charge in [-0.25, -0.2) is 0 Å². The summed E-state index contributed by atoms with van der Waals surface area (Å²) in [5, 5.41) is 0. The Kier molecular flexibility index (Phi) is 2.43. The number of hydrogen-bond donors (Lipinski definition) is 0. The van der Waals surface area contributed by atoms with E-state index >= 15 is 0 Å². The van der Waals surface area contributed by atoms with E-state index in [1.807, 2.05) is 24.4 Å². The maximum atomic E-state index is 4.16. The molecule has 0 unspecified atom stereocenters. The monoisotopic (exact) mass is 134 g/mol. The lowest BCUT2D eigenvalue weighted by Crippen LogP contribution is -1.92. The fourth-order valence-corrected chi connectivity index (χ4v) is 0.816. The maximum absolute atomic E-state index is 4.16. The smallest absolute Gasteiger partial charge is 0.0443 e. The van der Waals surface area contributed by atoms with Crippen LogP contribution in [-0.4, -0.2) is 4.98 Å². The second-order valence-corrected chi connectivity index (χ2v) is 2.67. The molecule has 0 amide bonds. The van der Waals surface area contributed by atoms with E-state index in [9.17, 15) is 0 Å². The van der Waals surface area contributed by atoms with Crippen LogP contribution in [0.1, 0.15) is 19.5 Å². The van der Waals surface area contributed by atoms with Crippen LogP contribution in [-0.2, 0) is 0 Å². The quantitative estimate of drug-likeness (QED) is 0.604. The predicted molar refractivity (Wildman–Crippen MR) is 42.5 cm³/mol. The molecule has 0 aliphatic carbocycles. The molecule has 1 nitrogen and oxygen atoms in total. The van der Waals surface area contributed by atoms with Crippen molar-refractivity contribution < 1.29 is 0 Å². The fourth-order valence-electron chi connectivity index (χ4n) is 0.816. The van der Waals surface area contributed by atoms with Crippen molar-refractivity contribution in [2.75, 3.05) is 0 Å². The lowest BCUT2D eigenvalue weighted by atomic mass is 10.1. The van der Waals surface area contributed by atoms with Gasteiger partial charge in [0.05, 0.1) is 0 Å². The summed E-state index contributed by atoms with van der Waals surface area (Å²) < 4.78 is 0. The molecule has 0 spiro atoms. The van der Waals surface area contributed by atoms with E-state index < -0.39 is 0 Å². The molecular weight excluding hydrogens is 122 g/mol. The van der Waals surface area contributed by atoms with Crippen molar-refractivity contribution in [3.8, 4) is 0 Å². The van der Waals surface area contributed by atoms with Crippen LogP contribution in [0.5, 0.6) is 0 Å². The lowest BCUT2D eigenvalue weighted by molar-refractivity contribution is 0.767. The van der Waals surface area contributed by atoms with Gasteiger partial charge in [-0.15, -0.1) is 0 Å². The summed E-state index contributed by atoms with van der Waals surface area (Å²) in [6.07, 6.45) is 3.95. The molecule has 0 N–H and O–H groups in total. The second-order valence-electron chi connectivity index (χ2n) is 2.67. The van der Waals surface area contributed by atoms with Crippen molar-refractivity contribution in [1.82, 2.24) is 4.98 Å². The van der Waals surface area contributed by atoms with Gasteiger partial charge in [-0.1, -0.05) is 19.9 Å². The van der Waals surface area contributed by atoms with E-state index in [4.69, 9.17) is 0 Å². The Labute approximate surface area is 62.1 Å². The summed E-state index contributed by atoms with van der Waals surface area (Å²) >= 11 is 0. The van der Waals surface area contributed by atoms with Gasteiger partial charge in [-0.3, -0.25) is 4.98 Å². The normalized spacial score (nSPS) is 10.3. The minimum Gasteiger partial charge on any atom is -0.261 e. The minimum absolute atomic E-state index is 0.579. The molecule has 10 heavy (non-hydrogen) atoms. The molecule has 0 aromatic carbocycles. The summed E-state index contributed by atoms with van der Waals surface area (Å²) in [5.41, 5.74) is 1.07. The van der Waals surface area contributed by atoms with Crippen LogP contribution >= 0.6 is 0 Å². The van der Waals surface area contributed by atoms with Gasteiger partial charge in [0.25, 0.3) is 0 Å². The topological polar surface area (TPSA) is 12.9 Å². The van der Waals surface area contributed by atoms with E-state index in [1.165, 1.54) is 0 Å². The molecule has 0 saturated carbocycles. The predicted octanol–water partition coefficient (Wildman–Crippen LogP) is 2.29. The maximum Gasteiger partial charge on any atom is 0.0443 e. The van der Waals surface area contributed by atoms with Crippen LogP contribution in [0, 0.1) is 12.3 Å². The van der Waals surface area contributed by atoms with Gasteiger partial charge in [0.2, 0.25) is 0 Å². The van der Waals surface area contributed by atoms with Gasteiger partial charge in [0.1, 0.15) is 0 Å². The third-order valence-corrected chi connectivity index (χ3v) is 1.19. The highest BCUT2D eigenvalue weighted by Gasteiger charge is 1.96. The summed E-state index contributed by atoms with van der Waals surface area (Å²) in [6.45, 7) is 4.30. The summed E-state index contributed by atoms with van der Waals surface area (Å²) in [4.78, 5) is 4.16. The highest BCUT2D eigenvalue weighted by Crippen LogP contribution is 2.05. The standard InChI is InChI=1S/C9H12N/c1-8(2)7-9-5-3-4-6-10-9/h3-8H,1-2H3. The van der Waals surface area contributed by atoms with Gasteiger partial charge in [0.15, 0.2) is 0 Å². The molecule has 0 aliphatic rings. The second kappa shape index (κ2) is 3.35. The third kappa shape index (κ3) is 2.18. The van der Waals surface area contributed by atoms with E-state index in [2.05, 4.69) is 25.3 Å². The first kappa shape index (κ1) is 7.26. The van der Waals surface area contributed by atoms with Crippen LogP contribution < -0.4 is 0 Å². The Morgan fingerprint density at radius 3 is 2.70 bits per heavy atom. The molecule has 0 atom stereocenters. The summed E-state index contributed by atoms with van der Waals surface area (Å²) in [7, 11) is 0. The molecule has 1 aromatic rings. The molecular formula is C9H12N. The molecule has 1 radical (unpaired) electrons. The number of hydrogen-bond acceptors (Lipinski definition) is 1. The van der Waals surface area contributed by atoms with Crippen molar-refractivity contribution in [3.63, 3.8) is 0 Å². The minimum atomic E-state index is 0.579. The van der Waals surface area contributed by atoms with Crippen molar-refractivity contribution >= 4 is 0 Å². The summed E-state index contributed by atoms with van der Waals surface area (Å²) in [6, 6.07) is 5.94. The van der Waals surface area contributed by atoms with Crippen LogP contribution in [0.15, 0.2) is 24.4 Å². The first-order valence-corrected chi connectivity index (χ1v) is 3.55. The van der Waals surface area contributed by atoms with Gasteiger partial charge in [-0.05, 0) is 18.1 Å². The first-order chi connectivity index (χ1) is 4.79.